The fourth-order valence-corrected chi connectivity index (χ4v) is 4.62. The summed E-state index contributed by atoms with van der Waals surface area (Å²) in [7, 11) is 3.16. The summed E-state index contributed by atoms with van der Waals surface area (Å²) in [6.45, 7) is 0.728. The monoisotopic (exact) mass is 523 g/mol. The first-order valence-electron chi connectivity index (χ1n) is 12.6. The van der Waals surface area contributed by atoms with Crippen LogP contribution in [0.15, 0.2) is 83.8 Å². The molecule has 3 heterocycles. The van der Waals surface area contributed by atoms with Gasteiger partial charge in [-0.05, 0) is 54.3 Å². The second-order valence-corrected chi connectivity index (χ2v) is 9.07. The summed E-state index contributed by atoms with van der Waals surface area (Å²) in [5, 5.41) is 12.1. The highest BCUT2D eigenvalue weighted by Gasteiger charge is 2.18. The minimum absolute atomic E-state index is 0.00707. The van der Waals surface area contributed by atoms with E-state index in [0.717, 1.165) is 11.1 Å². The molecular weight excluding hydrogens is 494 g/mol. The molecule has 5 aromatic rings. The van der Waals surface area contributed by atoms with Crippen LogP contribution in [0.3, 0.4) is 0 Å². The lowest BCUT2D eigenvalue weighted by Gasteiger charge is -2.15. The van der Waals surface area contributed by atoms with Crippen molar-refractivity contribution in [3.8, 4) is 11.5 Å². The Bertz CT molecular complexity index is 1780. The Morgan fingerprint density at radius 1 is 0.923 bits per heavy atom. The third kappa shape index (κ3) is 5.24. The number of aryl methyl sites for hydroxylation is 2. The van der Waals surface area contributed by atoms with E-state index in [2.05, 4.69) is 5.32 Å². The SMILES string of the molecule is COc1ccc(CCn2c(=N)c(C(=O)NCCc3ccccc3)cc3c(=O)n4ccccc4nc32)cc1OC. The normalized spacial score (nSPS) is 11.0. The first kappa shape index (κ1) is 25.7. The van der Waals surface area contributed by atoms with Crippen LogP contribution in [-0.2, 0) is 19.4 Å². The van der Waals surface area contributed by atoms with Gasteiger partial charge in [-0.3, -0.25) is 19.4 Å². The quantitative estimate of drug-likeness (QED) is 0.288. The molecule has 0 atom stereocenters. The Hall–Kier alpha value is -4.92. The largest absolute Gasteiger partial charge is 0.493 e. The number of hydrogen-bond acceptors (Lipinski definition) is 6. The molecule has 0 aliphatic heterocycles. The van der Waals surface area contributed by atoms with Gasteiger partial charge in [-0.2, -0.15) is 0 Å². The van der Waals surface area contributed by atoms with Crippen LogP contribution >= 0.6 is 0 Å². The summed E-state index contributed by atoms with van der Waals surface area (Å²) >= 11 is 0. The van der Waals surface area contributed by atoms with Crippen LogP contribution in [0.2, 0.25) is 0 Å². The standard InChI is InChI=1S/C30H29N5O4/c1-38-24-12-11-21(18-25(24)39-2)14-17-35-27(31)22(29(36)32-15-13-20-8-4-3-5-9-20)19-23-28(35)33-26-10-6-7-16-34(26)30(23)37/h3-12,16,18-19,31H,13-15,17H2,1-2H3,(H,32,36). The Kier molecular flexibility index (Phi) is 7.40. The van der Waals surface area contributed by atoms with Gasteiger partial charge in [-0.1, -0.05) is 42.5 Å². The predicted octanol–water partition coefficient (Wildman–Crippen LogP) is 3.36. The number of pyridine rings is 2. The maximum absolute atomic E-state index is 13.4. The van der Waals surface area contributed by atoms with Gasteiger partial charge >= 0.3 is 0 Å². The van der Waals surface area contributed by atoms with Crippen LogP contribution in [0, 0.1) is 5.41 Å². The zero-order valence-corrected chi connectivity index (χ0v) is 21.8. The molecule has 2 aromatic carbocycles. The molecule has 0 radical (unpaired) electrons. The van der Waals surface area contributed by atoms with Crippen molar-refractivity contribution in [2.24, 2.45) is 0 Å². The first-order chi connectivity index (χ1) is 19.0. The lowest BCUT2D eigenvalue weighted by atomic mass is 10.1. The van der Waals surface area contributed by atoms with E-state index >= 15 is 0 Å². The maximum Gasteiger partial charge on any atom is 0.267 e. The van der Waals surface area contributed by atoms with E-state index in [0.29, 0.717) is 48.7 Å². The van der Waals surface area contributed by atoms with Gasteiger partial charge in [0.2, 0.25) is 0 Å². The smallest absolute Gasteiger partial charge is 0.267 e. The molecule has 5 rings (SSSR count). The van der Waals surface area contributed by atoms with Gasteiger partial charge in [0.25, 0.3) is 11.5 Å². The van der Waals surface area contributed by atoms with Gasteiger partial charge in [-0.25, -0.2) is 4.98 Å². The molecule has 0 unspecified atom stereocenters. The Labute approximate surface area is 224 Å². The number of amides is 1. The van der Waals surface area contributed by atoms with E-state index in [9.17, 15) is 9.59 Å². The number of ether oxygens (including phenoxy) is 2. The third-order valence-electron chi connectivity index (χ3n) is 6.68. The predicted molar refractivity (Wildman–Crippen MR) is 149 cm³/mol. The van der Waals surface area contributed by atoms with E-state index < -0.39 is 5.91 Å². The molecule has 0 aliphatic rings. The van der Waals surface area contributed by atoms with Crippen molar-refractivity contribution in [3.05, 3.63) is 112 Å². The fourth-order valence-electron chi connectivity index (χ4n) is 4.62. The van der Waals surface area contributed by atoms with Crippen LogP contribution in [0.5, 0.6) is 11.5 Å². The summed E-state index contributed by atoms with van der Waals surface area (Å²) < 4.78 is 13.8. The van der Waals surface area contributed by atoms with E-state index in [1.165, 1.54) is 10.5 Å². The molecule has 39 heavy (non-hydrogen) atoms. The van der Waals surface area contributed by atoms with Crippen molar-refractivity contribution >= 4 is 22.6 Å². The van der Waals surface area contributed by atoms with Crippen LogP contribution < -0.4 is 25.8 Å². The van der Waals surface area contributed by atoms with Crippen LogP contribution in [-0.4, -0.2) is 40.6 Å². The van der Waals surface area contributed by atoms with E-state index in [4.69, 9.17) is 19.9 Å². The minimum atomic E-state index is -0.407. The minimum Gasteiger partial charge on any atom is -0.493 e. The number of rotatable bonds is 9. The number of fused-ring (bicyclic) bond motifs is 2. The lowest BCUT2D eigenvalue weighted by Crippen LogP contribution is -2.36. The Morgan fingerprint density at radius 2 is 1.69 bits per heavy atom. The highest BCUT2D eigenvalue weighted by Crippen LogP contribution is 2.28. The second-order valence-electron chi connectivity index (χ2n) is 9.07. The fraction of sp³-hybridized carbons (Fsp3) is 0.200. The molecule has 9 nitrogen and oxygen atoms in total. The van der Waals surface area contributed by atoms with Crippen LogP contribution in [0.4, 0.5) is 0 Å². The van der Waals surface area contributed by atoms with Gasteiger partial charge in [0, 0.05) is 19.3 Å². The molecule has 0 spiro atoms. The lowest BCUT2D eigenvalue weighted by molar-refractivity contribution is 0.0951. The van der Waals surface area contributed by atoms with E-state index in [1.54, 1.807) is 43.2 Å². The highest BCUT2D eigenvalue weighted by atomic mass is 16.5. The molecule has 3 aromatic heterocycles. The zero-order chi connectivity index (χ0) is 27.4. The molecule has 0 saturated carbocycles. The van der Waals surface area contributed by atoms with Gasteiger partial charge in [0.1, 0.15) is 16.8 Å². The molecule has 2 N–H and O–H groups in total. The maximum atomic E-state index is 13.4. The number of carbonyl (C=O) groups is 1. The highest BCUT2D eigenvalue weighted by molar-refractivity contribution is 5.96. The number of nitrogens with one attached hydrogen (secondary N) is 2. The molecule has 0 bridgehead atoms. The number of nitrogens with zero attached hydrogens (tertiary/aromatic N) is 3. The summed E-state index contributed by atoms with van der Waals surface area (Å²) in [6, 6.07) is 22.3. The summed E-state index contributed by atoms with van der Waals surface area (Å²) in [5.74, 6) is 0.816. The zero-order valence-electron chi connectivity index (χ0n) is 21.8. The molecule has 1 amide bonds. The van der Waals surface area contributed by atoms with E-state index in [1.807, 2.05) is 48.5 Å². The van der Waals surface area contributed by atoms with Crippen molar-refractivity contribution in [1.29, 1.82) is 5.41 Å². The Balaban J connectivity index is 1.54. The molecule has 0 saturated heterocycles. The van der Waals surface area contributed by atoms with Crippen LogP contribution in [0.25, 0.3) is 16.7 Å². The summed E-state index contributed by atoms with van der Waals surface area (Å²) in [5.41, 5.74) is 2.69. The molecule has 0 fully saturated rings. The average molecular weight is 524 g/mol. The third-order valence-corrected chi connectivity index (χ3v) is 6.68. The number of benzene rings is 2. The number of hydrogen-bond donors (Lipinski definition) is 2. The molecule has 198 valence electrons. The molecular formula is C30H29N5O4. The van der Waals surface area contributed by atoms with Gasteiger partial charge in [0.05, 0.1) is 25.2 Å². The van der Waals surface area contributed by atoms with Crippen molar-refractivity contribution in [2.75, 3.05) is 20.8 Å². The van der Waals surface area contributed by atoms with Gasteiger partial charge in [0.15, 0.2) is 11.5 Å². The number of aromatic nitrogens is 3. The topological polar surface area (TPSA) is 111 Å². The van der Waals surface area contributed by atoms with Crippen LogP contribution in [0.1, 0.15) is 21.5 Å². The number of carbonyl (C=O) groups excluding carboxylic acids is 1. The van der Waals surface area contributed by atoms with Crippen molar-refractivity contribution in [1.82, 2.24) is 19.3 Å². The Morgan fingerprint density at radius 3 is 2.46 bits per heavy atom. The van der Waals surface area contributed by atoms with Gasteiger partial charge in [-0.15, -0.1) is 0 Å². The van der Waals surface area contributed by atoms with Gasteiger partial charge < -0.3 is 19.4 Å². The molecule has 0 aliphatic carbocycles. The van der Waals surface area contributed by atoms with E-state index in [-0.39, 0.29) is 22.0 Å². The first-order valence-corrected chi connectivity index (χ1v) is 12.6. The summed E-state index contributed by atoms with van der Waals surface area (Å²) in [6.07, 6.45) is 2.81. The number of methoxy groups -OCH3 is 2. The van der Waals surface area contributed by atoms with Crippen molar-refractivity contribution in [2.45, 2.75) is 19.4 Å². The van der Waals surface area contributed by atoms with Crippen molar-refractivity contribution in [3.63, 3.8) is 0 Å². The average Bonchev–Trinajstić information content (AvgIpc) is 2.97. The van der Waals surface area contributed by atoms with Crippen molar-refractivity contribution < 1.29 is 14.3 Å². The summed E-state index contributed by atoms with van der Waals surface area (Å²) in [4.78, 5) is 31.4. The molecule has 9 heteroatoms. The second kappa shape index (κ2) is 11.2.